The van der Waals surface area contributed by atoms with Crippen molar-refractivity contribution in [3.8, 4) is 11.5 Å². The predicted molar refractivity (Wildman–Crippen MR) is 86.7 cm³/mol. The maximum atomic E-state index is 11.8. The maximum absolute atomic E-state index is 11.8. The first-order chi connectivity index (χ1) is 12.4. The number of carbonyl (C=O) groups is 2. The van der Waals surface area contributed by atoms with Gasteiger partial charge in [0.25, 0.3) is 0 Å². The first-order valence-corrected chi connectivity index (χ1v) is 7.26. The van der Waals surface area contributed by atoms with Crippen LogP contribution in [0.5, 0.6) is 11.5 Å². The standard InChI is InChI=1S/C16H12N2O8/c19-15(25-13-7-3-1-5-11(13)17(21)22)9-10-16(20)26-14-8-4-2-6-12(14)18(23)24/h1-8H,9-10H2. The summed E-state index contributed by atoms with van der Waals surface area (Å²) < 4.78 is 9.75. The van der Waals surface area contributed by atoms with Gasteiger partial charge in [-0.1, -0.05) is 24.3 Å². The zero-order valence-electron chi connectivity index (χ0n) is 13.2. The molecule has 2 rings (SSSR count). The van der Waals surface area contributed by atoms with E-state index in [1.165, 1.54) is 48.5 Å². The van der Waals surface area contributed by atoms with Crippen LogP contribution in [0.15, 0.2) is 48.5 Å². The van der Waals surface area contributed by atoms with Crippen LogP contribution in [0.4, 0.5) is 11.4 Å². The molecule has 0 radical (unpaired) electrons. The van der Waals surface area contributed by atoms with Crippen molar-refractivity contribution in [3.63, 3.8) is 0 Å². The summed E-state index contributed by atoms with van der Waals surface area (Å²) in [5, 5.41) is 21.7. The summed E-state index contributed by atoms with van der Waals surface area (Å²) in [6.07, 6.45) is -0.822. The molecule has 0 saturated heterocycles. The van der Waals surface area contributed by atoms with Gasteiger partial charge in [0.2, 0.25) is 11.5 Å². The second-order valence-corrected chi connectivity index (χ2v) is 4.90. The van der Waals surface area contributed by atoms with E-state index in [1.807, 2.05) is 0 Å². The topological polar surface area (TPSA) is 139 Å². The molecule has 0 amide bonds. The van der Waals surface area contributed by atoms with Gasteiger partial charge in [-0.15, -0.1) is 0 Å². The summed E-state index contributed by atoms with van der Waals surface area (Å²) in [7, 11) is 0. The lowest BCUT2D eigenvalue weighted by molar-refractivity contribution is -0.385. The van der Waals surface area contributed by atoms with E-state index in [4.69, 9.17) is 9.47 Å². The van der Waals surface area contributed by atoms with E-state index >= 15 is 0 Å². The molecule has 0 N–H and O–H groups in total. The van der Waals surface area contributed by atoms with Gasteiger partial charge < -0.3 is 9.47 Å². The lowest BCUT2D eigenvalue weighted by Crippen LogP contribution is -2.15. The van der Waals surface area contributed by atoms with Gasteiger partial charge in [0, 0.05) is 12.1 Å². The van der Waals surface area contributed by atoms with Crippen molar-refractivity contribution in [1.29, 1.82) is 0 Å². The molecule has 0 unspecified atom stereocenters. The van der Waals surface area contributed by atoms with Gasteiger partial charge in [-0.05, 0) is 12.1 Å². The zero-order valence-corrected chi connectivity index (χ0v) is 13.2. The van der Waals surface area contributed by atoms with E-state index in [1.54, 1.807) is 0 Å². The smallest absolute Gasteiger partial charge is 0.312 e. The fraction of sp³-hybridized carbons (Fsp3) is 0.125. The molecular weight excluding hydrogens is 348 g/mol. The average molecular weight is 360 g/mol. The number of hydrogen-bond donors (Lipinski definition) is 0. The summed E-state index contributed by atoms with van der Waals surface area (Å²) in [6.45, 7) is 0. The lowest BCUT2D eigenvalue weighted by Gasteiger charge is -2.06. The Bertz CT molecular complexity index is 793. The summed E-state index contributed by atoms with van der Waals surface area (Å²) >= 11 is 0. The van der Waals surface area contributed by atoms with Crippen LogP contribution >= 0.6 is 0 Å². The summed E-state index contributed by atoms with van der Waals surface area (Å²) in [5.74, 6) is -2.23. The van der Waals surface area contributed by atoms with Crippen LogP contribution in [-0.2, 0) is 9.59 Å². The normalized spacial score (nSPS) is 10.0. The quantitative estimate of drug-likeness (QED) is 0.318. The van der Waals surface area contributed by atoms with E-state index in [0.717, 1.165) is 0 Å². The average Bonchev–Trinajstić information content (AvgIpc) is 2.60. The van der Waals surface area contributed by atoms with Crippen LogP contribution in [0.2, 0.25) is 0 Å². The molecule has 0 spiro atoms. The van der Waals surface area contributed by atoms with Crippen molar-refractivity contribution in [2.45, 2.75) is 12.8 Å². The molecule has 0 aliphatic heterocycles. The summed E-state index contributed by atoms with van der Waals surface area (Å²) in [4.78, 5) is 43.8. The molecule has 10 nitrogen and oxygen atoms in total. The van der Waals surface area contributed by atoms with E-state index < -0.39 is 34.6 Å². The van der Waals surface area contributed by atoms with Crippen LogP contribution in [0.1, 0.15) is 12.8 Å². The highest BCUT2D eigenvalue weighted by Crippen LogP contribution is 2.27. The first-order valence-electron chi connectivity index (χ1n) is 7.26. The second kappa shape index (κ2) is 8.33. The summed E-state index contributed by atoms with van der Waals surface area (Å²) in [6, 6.07) is 10.6. The van der Waals surface area contributed by atoms with E-state index in [9.17, 15) is 29.8 Å². The van der Waals surface area contributed by atoms with Gasteiger partial charge >= 0.3 is 23.3 Å². The molecule has 134 valence electrons. The van der Waals surface area contributed by atoms with Gasteiger partial charge in [-0.3, -0.25) is 29.8 Å². The molecule has 2 aromatic rings. The van der Waals surface area contributed by atoms with Crippen molar-refractivity contribution in [1.82, 2.24) is 0 Å². The Morgan fingerprint density at radius 2 is 1.08 bits per heavy atom. The molecule has 0 heterocycles. The highest BCUT2D eigenvalue weighted by Gasteiger charge is 2.20. The van der Waals surface area contributed by atoms with Crippen molar-refractivity contribution in [2.24, 2.45) is 0 Å². The lowest BCUT2D eigenvalue weighted by atomic mass is 10.3. The summed E-state index contributed by atoms with van der Waals surface area (Å²) in [5.41, 5.74) is -0.772. The third kappa shape index (κ3) is 4.84. The molecular formula is C16H12N2O8. The molecule has 2 aromatic carbocycles. The number of nitrogens with zero attached hydrogens (tertiary/aromatic N) is 2. The molecule has 26 heavy (non-hydrogen) atoms. The molecule has 0 atom stereocenters. The monoisotopic (exact) mass is 360 g/mol. The van der Waals surface area contributed by atoms with Crippen molar-refractivity contribution < 1.29 is 28.9 Å². The third-order valence-electron chi connectivity index (χ3n) is 3.10. The largest absolute Gasteiger partial charge is 0.419 e. The Kier molecular flexibility index (Phi) is 5.93. The number of hydrogen-bond acceptors (Lipinski definition) is 8. The number of rotatable bonds is 7. The fourth-order valence-electron chi connectivity index (χ4n) is 1.94. The Balaban J connectivity index is 1.93. The number of esters is 2. The van der Waals surface area contributed by atoms with Crippen LogP contribution in [0.25, 0.3) is 0 Å². The van der Waals surface area contributed by atoms with Gasteiger partial charge in [0.1, 0.15) is 0 Å². The minimum Gasteiger partial charge on any atom is -0.419 e. The Labute approximate surface area is 146 Å². The number of ether oxygens (including phenoxy) is 2. The Morgan fingerprint density at radius 1 is 0.731 bits per heavy atom. The van der Waals surface area contributed by atoms with Crippen molar-refractivity contribution >= 4 is 23.3 Å². The third-order valence-corrected chi connectivity index (χ3v) is 3.10. The van der Waals surface area contributed by atoms with Gasteiger partial charge in [-0.25, -0.2) is 0 Å². The van der Waals surface area contributed by atoms with Gasteiger partial charge in [-0.2, -0.15) is 0 Å². The van der Waals surface area contributed by atoms with Crippen LogP contribution in [0, 0.1) is 20.2 Å². The SMILES string of the molecule is O=C(CCC(=O)Oc1ccccc1[N+](=O)[O-])Oc1ccccc1[N+](=O)[O-]. The maximum Gasteiger partial charge on any atom is 0.312 e. The van der Waals surface area contributed by atoms with Gasteiger partial charge in [0.05, 0.1) is 22.7 Å². The minimum absolute atomic E-state index is 0.241. The van der Waals surface area contributed by atoms with Gasteiger partial charge in [0.15, 0.2) is 0 Å². The number of nitro groups is 2. The van der Waals surface area contributed by atoms with Crippen LogP contribution < -0.4 is 9.47 Å². The highest BCUT2D eigenvalue weighted by atomic mass is 16.6. The molecule has 10 heteroatoms. The minimum atomic E-state index is -0.876. The molecule has 0 aliphatic carbocycles. The predicted octanol–water partition coefficient (Wildman–Crippen LogP) is 2.79. The van der Waals surface area contributed by atoms with Crippen molar-refractivity contribution in [2.75, 3.05) is 0 Å². The zero-order chi connectivity index (χ0) is 19.1. The van der Waals surface area contributed by atoms with E-state index in [-0.39, 0.29) is 22.9 Å². The molecule has 0 aliphatic rings. The first kappa shape index (κ1) is 18.5. The van der Waals surface area contributed by atoms with E-state index in [0.29, 0.717) is 0 Å². The van der Waals surface area contributed by atoms with Crippen LogP contribution in [-0.4, -0.2) is 21.8 Å². The van der Waals surface area contributed by atoms with Crippen LogP contribution in [0.3, 0.4) is 0 Å². The molecule has 0 bridgehead atoms. The van der Waals surface area contributed by atoms with Crippen molar-refractivity contribution in [3.05, 3.63) is 68.8 Å². The number of nitro benzene ring substituents is 2. The molecule has 0 aromatic heterocycles. The number of carbonyl (C=O) groups excluding carboxylic acids is 2. The Hall–Kier alpha value is -3.82. The molecule has 0 fully saturated rings. The number of para-hydroxylation sites is 4. The fourth-order valence-corrected chi connectivity index (χ4v) is 1.94. The molecule has 0 saturated carbocycles. The highest BCUT2D eigenvalue weighted by molar-refractivity contribution is 5.81. The number of benzene rings is 2. The second-order valence-electron chi connectivity index (χ2n) is 4.90. The Morgan fingerprint density at radius 3 is 1.42 bits per heavy atom. The van der Waals surface area contributed by atoms with E-state index in [2.05, 4.69) is 0 Å².